The van der Waals surface area contributed by atoms with Crippen LogP contribution < -0.4 is 0 Å². The third-order valence-electron chi connectivity index (χ3n) is 7.64. The van der Waals surface area contributed by atoms with Gasteiger partial charge in [-0.25, -0.2) is 0 Å². The van der Waals surface area contributed by atoms with E-state index in [4.69, 9.17) is 0 Å². The van der Waals surface area contributed by atoms with Gasteiger partial charge in [0.15, 0.2) is 0 Å². The molecule has 0 fully saturated rings. The van der Waals surface area contributed by atoms with Crippen LogP contribution in [0.3, 0.4) is 0 Å². The van der Waals surface area contributed by atoms with Gasteiger partial charge in [-0.3, -0.25) is 0 Å². The van der Waals surface area contributed by atoms with Gasteiger partial charge in [-0.15, -0.1) is 0 Å². The van der Waals surface area contributed by atoms with Gasteiger partial charge in [-0.05, 0) is 81.0 Å². The molecule has 0 heteroatoms. The first-order valence-corrected chi connectivity index (χ1v) is 11.2. The molecule has 0 bridgehead atoms. The van der Waals surface area contributed by atoms with Crippen molar-refractivity contribution in [2.24, 2.45) is 5.92 Å². The Hall–Kier alpha value is -2.34. The highest BCUT2D eigenvalue weighted by Gasteiger charge is 2.42. The normalized spacial score (nSPS) is 20.4. The van der Waals surface area contributed by atoms with Crippen molar-refractivity contribution in [2.75, 3.05) is 0 Å². The molecule has 0 saturated carbocycles. The van der Waals surface area contributed by atoms with Crippen LogP contribution in [-0.2, 0) is 17.3 Å². The summed E-state index contributed by atoms with van der Waals surface area (Å²) in [7, 11) is 0. The first-order valence-electron chi connectivity index (χ1n) is 11.2. The summed E-state index contributed by atoms with van der Waals surface area (Å²) in [5, 5.41) is 0. The van der Waals surface area contributed by atoms with E-state index in [1.54, 1.807) is 0 Å². The van der Waals surface area contributed by atoms with E-state index in [-0.39, 0.29) is 10.8 Å². The minimum Gasteiger partial charge on any atom is -0.0642 e. The maximum Gasteiger partial charge on any atom is 0.0184 e. The summed E-state index contributed by atoms with van der Waals surface area (Å²) in [6.45, 7) is 14.2. The molecule has 1 unspecified atom stereocenters. The highest BCUT2D eigenvalue weighted by Crippen LogP contribution is 2.56. The summed E-state index contributed by atoms with van der Waals surface area (Å²) < 4.78 is 0. The Morgan fingerprint density at radius 1 is 0.690 bits per heavy atom. The van der Waals surface area contributed by atoms with E-state index in [2.05, 4.69) is 96.1 Å². The molecule has 0 saturated heterocycles. The van der Waals surface area contributed by atoms with Crippen LogP contribution >= 0.6 is 0 Å². The summed E-state index contributed by atoms with van der Waals surface area (Å²) in [6.07, 6.45) is 2.27. The van der Waals surface area contributed by atoms with Gasteiger partial charge in [-0.2, -0.15) is 0 Å². The Balaban J connectivity index is 1.78. The standard InChI is InChI=1S/C29H32/c1-7-29(6)25-13-12-19(14-18(2)3)15-21(25)23-16-26-22(17-27(23)29)20-10-8-9-11-24(20)28(26,4)5/h8-13,15-18H,7,14H2,1-6H3. The fraction of sp³-hybridized carbons (Fsp3) is 0.379. The fourth-order valence-electron chi connectivity index (χ4n) is 5.85. The molecule has 1 atom stereocenters. The van der Waals surface area contributed by atoms with Gasteiger partial charge in [0.1, 0.15) is 0 Å². The molecule has 0 nitrogen and oxygen atoms in total. The van der Waals surface area contributed by atoms with Crippen LogP contribution in [0.2, 0.25) is 0 Å². The molecule has 0 radical (unpaired) electrons. The third-order valence-corrected chi connectivity index (χ3v) is 7.64. The fourth-order valence-corrected chi connectivity index (χ4v) is 5.85. The Labute approximate surface area is 176 Å². The topological polar surface area (TPSA) is 0 Å². The average molecular weight is 381 g/mol. The lowest BCUT2D eigenvalue weighted by Crippen LogP contribution is -2.19. The van der Waals surface area contributed by atoms with E-state index in [1.165, 1.54) is 50.1 Å². The maximum absolute atomic E-state index is 2.53. The summed E-state index contributed by atoms with van der Waals surface area (Å²) in [5.41, 5.74) is 13.4. The second kappa shape index (κ2) is 6.08. The van der Waals surface area contributed by atoms with Crippen molar-refractivity contribution in [1.29, 1.82) is 0 Å². The molecular weight excluding hydrogens is 348 g/mol. The lowest BCUT2D eigenvalue weighted by molar-refractivity contribution is 0.564. The van der Waals surface area contributed by atoms with Crippen LogP contribution in [0.25, 0.3) is 22.3 Å². The average Bonchev–Trinajstić information content (AvgIpc) is 3.08. The minimum atomic E-state index is 0.0574. The molecular formula is C29H32. The molecule has 0 amide bonds. The van der Waals surface area contributed by atoms with E-state index >= 15 is 0 Å². The molecule has 2 aliphatic carbocycles. The number of fused-ring (bicyclic) bond motifs is 6. The molecule has 0 N–H and O–H groups in total. The zero-order valence-electron chi connectivity index (χ0n) is 18.7. The maximum atomic E-state index is 2.53. The monoisotopic (exact) mass is 380 g/mol. The number of benzene rings is 3. The molecule has 0 aliphatic heterocycles. The molecule has 0 aromatic heterocycles. The summed E-state index contributed by atoms with van der Waals surface area (Å²) >= 11 is 0. The van der Waals surface area contributed by atoms with Crippen molar-refractivity contribution < 1.29 is 0 Å². The molecule has 29 heavy (non-hydrogen) atoms. The van der Waals surface area contributed by atoms with Gasteiger partial charge < -0.3 is 0 Å². The molecule has 3 aromatic rings. The van der Waals surface area contributed by atoms with Crippen molar-refractivity contribution in [3.05, 3.63) is 82.4 Å². The van der Waals surface area contributed by atoms with E-state index in [0.29, 0.717) is 5.92 Å². The van der Waals surface area contributed by atoms with Crippen LogP contribution in [0.1, 0.15) is 75.8 Å². The predicted molar refractivity (Wildman–Crippen MR) is 125 cm³/mol. The Bertz CT molecular complexity index is 1130. The highest BCUT2D eigenvalue weighted by atomic mass is 14.5. The SMILES string of the molecule is CCC1(C)c2ccc(CC(C)C)cc2-c2cc3c(cc21)-c1ccccc1C3(C)C. The van der Waals surface area contributed by atoms with Crippen LogP contribution in [0.15, 0.2) is 54.6 Å². The van der Waals surface area contributed by atoms with E-state index < -0.39 is 0 Å². The van der Waals surface area contributed by atoms with Gasteiger partial charge >= 0.3 is 0 Å². The van der Waals surface area contributed by atoms with Crippen LogP contribution in [-0.4, -0.2) is 0 Å². The minimum absolute atomic E-state index is 0.0574. The van der Waals surface area contributed by atoms with Gasteiger partial charge in [0.05, 0.1) is 0 Å². The van der Waals surface area contributed by atoms with Crippen LogP contribution in [0, 0.1) is 5.92 Å². The van der Waals surface area contributed by atoms with Gasteiger partial charge in [0.25, 0.3) is 0 Å². The van der Waals surface area contributed by atoms with E-state index in [0.717, 1.165) is 12.8 Å². The van der Waals surface area contributed by atoms with Crippen LogP contribution in [0.4, 0.5) is 0 Å². The molecule has 3 aromatic carbocycles. The molecule has 148 valence electrons. The van der Waals surface area contributed by atoms with Gasteiger partial charge in [-0.1, -0.05) is 84.0 Å². The smallest absolute Gasteiger partial charge is 0.0184 e. The number of hydrogen-bond acceptors (Lipinski definition) is 0. The number of hydrogen-bond donors (Lipinski definition) is 0. The quantitative estimate of drug-likeness (QED) is 0.433. The zero-order valence-corrected chi connectivity index (χ0v) is 18.7. The highest BCUT2D eigenvalue weighted by molar-refractivity contribution is 5.89. The predicted octanol–water partition coefficient (Wildman–Crippen LogP) is 7.89. The third kappa shape index (κ3) is 2.44. The first-order chi connectivity index (χ1) is 13.8. The molecule has 0 heterocycles. The van der Waals surface area contributed by atoms with Crippen molar-refractivity contribution >= 4 is 0 Å². The Morgan fingerprint density at radius 2 is 1.34 bits per heavy atom. The lowest BCUT2D eigenvalue weighted by atomic mass is 9.76. The summed E-state index contributed by atoms with van der Waals surface area (Å²) in [6, 6.07) is 21.3. The van der Waals surface area contributed by atoms with Gasteiger partial charge in [0, 0.05) is 10.8 Å². The van der Waals surface area contributed by atoms with Crippen molar-refractivity contribution in [3.8, 4) is 22.3 Å². The second-order valence-electron chi connectivity index (χ2n) is 10.3. The zero-order chi connectivity index (χ0) is 20.6. The van der Waals surface area contributed by atoms with Crippen molar-refractivity contribution in [3.63, 3.8) is 0 Å². The summed E-state index contributed by atoms with van der Waals surface area (Å²) in [5.74, 6) is 0.680. The molecule has 0 spiro atoms. The Morgan fingerprint density at radius 3 is 2.07 bits per heavy atom. The Kier molecular flexibility index (Phi) is 3.92. The number of rotatable bonds is 3. The van der Waals surface area contributed by atoms with Crippen LogP contribution in [0.5, 0.6) is 0 Å². The molecule has 5 rings (SSSR count). The first kappa shape index (κ1) is 18.7. The van der Waals surface area contributed by atoms with Gasteiger partial charge in [0.2, 0.25) is 0 Å². The summed E-state index contributed by atoms with van der Waals surface area (Å²) in [4.78, 5) is 0. The van der Waals surface area contributed by atoms with E-state index in [1.807, 2.05) is 0 Å². The van der Waals surface area contributed by atoms with Crippen molar-refractivity contribution in [1.82, 2.24) is 0 Å². The van der Waals surface area contributed by atoms with E-state index in [9.17, 15) is 0 Å². The lowest BCUT2D eigenvalue weighted by Gasteiger charge is -2.27. The largest absolute Gasteiger partial charge is 0.0642 e. The second-order valence-corrected chi connectivity index (χ2v) is 10.3. The van der Waals surface area contributed by atoms with Crippen molar-refractivity contribution in [2.45, 2.75) is 65.2 Å². The molecule has 2 aliphatic rings.